The van der Waals surface area contributed by atoms with Gasteiger partial charge in [-0.2, -0.15) is 13.2 Å². The topological polar surface area (TPSA) is 107 Å². The predicted octanol–water partition coefficient (Wildman–Crippen LogP) is 2.67. The lowest BCUT2D eigenvalue weighted by Crippen LogP contribution is -2.32. The van der Waals surface area contributed by atoms with E-state index in [2.05, 4.69) is 20.4 Å². The zero-order chi connectivity index (χ0) is 22.3. The summed E-state index contributed by atoms with van der Waals surface area (Å²) in [6.45, 7) is -1.29. The first-order valence-corrected chi connectivity index (χ1v) is 8.59. The molecule has 0 saturated heterocycles. The van der Waals surface area contributed by atoms with Crippen LogP contribution in [0.5, 0.6) is 5.75 Å². The number of alkyl halides is 3. The van der Waals surface area contributed by atoms with Crippen LogP contribution in [-0.4, -0.2) is 43.0 Å². The van der Waals surface area contributed by atoms with Crippen LogP contribution in [-0.2, 0) is 20.5 Å². The molecule has 1 aromatic heterocycles. The fourth-order valence-corrected chi connectivity index (χ4v) is 2.34. The highest BCUT2D eigenvalue weighted by atomic mass is 35.5. The van der Waals surface area contributed by atoms with Gasteiger partial charge < -0.3 is 20.1 Å². The summed E-state index contributed by atoms with van der Waals surface area (Å²) in [6.07, 6.45) is -4.14. The number of methoxy groups -OCH3 is 1. The molecule has 0 unspecified atom stereocenters. The molecule has 0 radical (unpaired) electrons. The Kier molecular flexibility index (Phi) is 7.59. The zero-order valence-electron chi connectivity index (χ0n) is 15.4. The van der Waals surface area contributed by atoms with Gasteiger partial charge in [-0.25, -0.2) is 4.98 Å². The summed E-state index contributed by atoms with van der Waals surface area (Å²) >= 11 is 5.67. The number of para-hydroxylation sites is 1. The molecular formula is C18H15ClF3N3O5. The van der Waals surface area contributed by atoms with Crippen molar-refractivity contribution in [3.63, 3.8) is 0 Å². The lowest BCUT2D eigenvalue weighted by molar-refractivity contribution is -0.146. The van der Waals surface area contributed by atoms with Gasteiger partial charge in [-0.05, 0) is 18.2 Å². The number of benzene rings is 1. The number of carbonyl (C=O) groups is 3. The van der Waals surface area contributed by atoms with Crippen LogP contribution >= 0.6 is 11.6 Å². The number of carbonyl (C=O) groups excluding carboxylic acids is 3. The summed E-state index contributed by atoms with van der Waals surface area (Å²) < 4.78 is 47.4. The molecule has 12 heteroatoms. The van der Waals surface area contributed by atoms with Crippen LogP contribution in [0.3, 0.4) is 0 Å². The molecule has 160 valence electrons. The van der Waals surface area contributed by atoms with Gasteiger partial charge in [0.2, 0.25) is 0 Å². The second-order valence-corrected chi connectivity index (χ2v) is 6.05. The molecule has 2 aromatic rings. The van der Waals surface area contributed by atoms with Crippen LogP contribution in [0.2, 0.25) is 5.02 Å². The fourth-order valence-electron chi connectivity index (χ4n) is 2.13. The van der Waals surface area contributed by atoms with Crippen LogP contribution < -0.4 is 15.4 Å². The first-order chi connectivity index (χ1) is 14.1. The van der Waals surface area contributed by atoms with Gasteiger partial charge in [0.05, 0.1) is 23.3 Å². The van der Waals surface area contributed by atoms with E-state index in [4.69, 9.17) is 16.3 Å². The third kappa shape index (κ3) is 6.34. The number of anilines is 1. The number of amides is 2. The Balaban J connectivity index is 1.82. The maximum Gasteiger partial charge on any atom is 0.417 e. The van der Waals surface area contributed by atoms with Gasteiger partial charge in [0.1, 0.15) is 12.3 Å². The van der Waals surface area contributed by atoms with Gasteiger partial charge in [-0.15, -0.1) is 0 Å². The first kappa shape index (κ1) is 22.9. The van der Waals surface area contributed by atoms with Crippen LogP contribution in [0, 0.1) is 0 Å². The molecule has 0 bridgehead atoms. The minimum absolute atomic E-state index is 0.202. The molecule has 30 heavy (non-hydrogen) atoms. The smallest absolute Gasteiger partial charge is 0.417 e. The Labute approximate surface area is 173 Å². The molecule has 8 nitrogen and oxygen atoms in total. The molecule has 2 N–H and O–H groups in total. The summed E-state index contributed by atoms with van der Waals surface area (Å²) in [5, 5.41) is 3.99. The number of nitrogens with one attached hydrogen (secondary N) is 2. The fraction of sp³-hybridized carbons (Fsp3) is 0.222. The predicted molar refractivity (Wildman–Crippen MR) is 99.2 cm³/mol. The van der Waals surface area contributed by atoms with Crippen molar-refractivity contribution in [3.05, 3.63) is 52.7 Å². The highest BCUT2D eigenvalue weighted by Crippen LogP contribution is 2.32. The largest absolute Gasteiger partial charge is 0.496 e. The van der Waals surface area contributed by atoms with Gasteiger partial charge in [-0.1, -0.05) is 23.7 Å². The van der Waals surface area contributed by atoms with Gasteiger partial charge >= 0.3 is 12.1 Å². The van der Waals surface area contributed by atoms with Gasteiger partial charge in [-0.3, -0.25) is 14.4 Å². The number of pyridine rings is 1. The van der Waals surface area contributed by atoms with Crippen LogP contribution in [0.15, 0.2) is 36.5 Å². The molecule has 0 aliphatic heterocycles. The van der Waals surface area contributed by atoms with E-state index in [1.54, 1.807) is 18.2 Å². The standard InChI is InChI=1S/C18H15ClF3N3O5/c1-29-13-5-3-2-4-11(13)17(28)24-8-15(27)30-9-14(26)25-16-12(19)6-10(7-23-16)18(20,21)22/h2-7H,8-9H2,1H3,(H,24,28)(H,23,25,26). The molecule has 0 fully saturated rings. The van der Waals surface area contributed by atoms with E-state index in [0.29, 0.717) is 18.0 Å². The Morgan fingerprint density at radius 2 is 1.90 bits per heavy atom. The molecule has 2 rings (SSSR count). The maximum absolute atomic E-state index is 12.6. The van der Waals surface area contributed by atoms with Crippen molar-refractivity contribution in [1.29, 1.82) is 0 Å². The van der Waals surface area contributed by atoms with Crippen molar-refractivity contribution < 1.29 is 37.0 Å². The Hall–Kier alpha value is -3.34. The van der Waals surface area contributed by atoms with E-state index < -0.39 is 47.7 Å². The molecular weight excluding hydrogens is 431 g/mol. The third-order valence-electron chi connectivity index (χ3n) is 3.54. The van der Waals surface area contributed by atoms with E-state index in [0.717, 1.165) is 0 Å². The second-order valence-electron chi connectivity index (χ2n) is 5.64. The number of ether oxygens (including phenoxy) is 2. The SMILES string of the molecule is COc1ccccc1C(=O)NCC(=O)OCC(=O)Nc1ncc(C(F)(F)F)cc1Cl. The minimum atomic E-state index is -4.64. The van der Waals surface area contributed by atoms with Crippen LogP contribution in [0.4, 0.5) is 19.0 Å². The van der Waals surface area contributed by atoms with Crippen molar-refractivity contribution in [1.82, 2.24) is 10.3 Å². The Bertz CT molecular complexity index is 953. The average Bonchev–Trinajstić information content (AvgIpc) is 2.71. The average molecular weight is 446 g/mol. The molecule has 0 spiro atoms. The number of hydrogen-bond donors (Lipinski definition) is 2. The summed E-state index contributed by atoms with van der Waals surface area (Å²) in [7, 11) is 1.39. The monoisotopic (exact) mass is 445 g/mol. The lowest BCUT2D eigenvalue weighted by Gasteiger charge is -2.11. The van der Waals surface area contributed by atoms with Crippen molar-refractivity contribution in [2.75, 3.05) is 25.6 Å². The number of nitrogens with zero attached hydrogens (tertiary/aromatic N) is 1. The Morgan fingerprint density at radius 1 is 1.20 bits per heavy atom. The number of esters is 1. The molecule has 1 aromatic carbocycles. The minimum Gasteiger partial charge on any atom is -0.496 e. The summed E-state index contributed by atoms with van der Waals surface area (Å²) in [6, 6.07) is 6.94. The van der Waals surface area contributed by atoms with E-state index in [1.807, 2.05) is 0 Å². The van der Waals surface area contributed by atoms with Crippen LogP contribution in [0.25, 0.3) is 0 Å². The number of halogens is 4. The Morgan fingerprint density at radius 3 is 2.53 bits per heavy atom. The number of hydrogen-bond acceptors (Lipinski definition) is 6. The first-order valence-electron chi connectivity index (χ1n) is 8.21. The quantitative estimate of drug-likeness (QED) is 0.635. The summed E-state index contributed by atoms with van der Waals surface area (Å²) in [5.74, 6) is -2.40. The van der Waals surface area contributed by atoms with Gasteiger partial charge in [0.15, 0.2) is 12.4 Å². The second kappa shape index (κ2) is 9.92. The van der Waals surface area contributed by atoms with Crippen molar-refractivity contribution >= 4 is 35.2 Å². The normalized spacial score (nSPS) is 10.8. The van der Waals surface area contributed by atoms with E-state index in [-0.39, 0.29) is 11.4 Å². The highest BCUT2D eigenvalue weighted by molar-refractivity contribution is 6.33. The highest BCUT2D eigenvalue weighted by Gasteiger charge is 2.31. The number of rotatable bonds is 7. The van der Waals surface area contributed by atoms with E-state index in [9.17, 15) is 27.6 Å². The van der Waals surface area contributed by atoms with Gasteiger partial charge in [0, 0.05) is 6.20 Å². The van der Waals surface area contributed by atoms with Crippen molar-refractivity contribution in [3.8, 4) is 5.75 Å². The third-order valence-corrected chi connectivity index (χ3v) is 3.82. The summed E-state index contributed by atoms with van der Waals surface area (Å²) in [5.41, 5.74) is -0.878. The molecule has 0 aliphatic rings. The van der Waals surface area contributed by atoms with Crippen LogP contribution in [0.1, 0.15) is 15.9 Å². The van der Waals surface area contributed by atoms with E-state index in [1.165, 1.54) is 13.2 Å². The van der Waals surface area contributed by atoms with Crippen molar-refractivity contribution in [2.45, 2.75) is 6.18 Å². The van der Waals surface area contributed by atoms with Crippen molar-refractivity contribution in [2.24, 2.45) is 0 Å². The summed E-state index contributed by atoms with van der Waals surface area (Å²) in [4.78, 5) is 39.0. The molecule has 2 amide bonds. The molecule has 0 atom stereocenters. The van der Waals surface area contributed by atoms with E-state index >= 15 is 0 Å². The van der Waals surface area contributed by atoms with Gasteiger partial charge in [0.25, 0.3) is 11.8 Å². The molecule has 1 heterocycles. The molecule has 0 saturated carbocycles. The maximum atomic E-state index is 12.6. The molecule has 0 aliphatic carbocycles. The lowest BCUT2D eigenvalue weighted by atomic mass is 10.2. The number of aromatic nitrogens is 1. The zero-order valence-corrected chi connectivity index (χ0v) is 16.1.